The predicted molar refractivity (Wildman–Crippen MR) is 63.0 cm³/mol. The third-order valence-electron chi connectivity index (χ3n) is 2.06. The number of halogens is 1. The summed E-state index contributed by atoms with van der Waals surface area (Å²) in [5.74, 6) is 1.91. The summed E-state index contributed by atoms with van der Waals surface area (Å²) in [5, 5.41) is 0. The second kappa shape index (κ2) is 6.62. The predicted octanol–water partition coefficient (Wildman–Crippen LogP) is 3.54. The van der Waals surface area contributed by atoms with E-state index >= 15 is 0 Å². The molecule has 0 atom stereocenters. The van der Waals surface area contributed by atoms with Crippen molar-refractivity contribution < 1.29 is 9.18 Å². The van der Waals surface area contributed by atoms with Gasteiger partial charge in [-0.15, -0.1) is 0 Å². The highest BCUT2D eigenvalue weighted by Crippen LogP contribution is 2.09. The van der Waals surface area contributed by atoms with E-state index in [1.54, 1.807) is 12.1 Å². The van der Waals surface area contributed by atoms with Crippen LogP contribution in [0.5, 0.6) is 0 Å². The zero-order chi connectivity index (χ0) is 11.1. The number of hydrogen-bond acceptors (Lipinski definition) is 2. The fourth-order valence-corrected chi connectivity index (χ4v) is 1.90. The average molecular weight is 226 g/mol. The topological polar surface area (TPSA) is 17.1 Å². The van der Waals surface area contributed by atoms with E-state index in [1.807, 2.05) is 11.8 Å². The smallest absolute Gasteiger partial charge is 0.162 e. The Balaban J connectivity index is 2.37. The number of carbonyl (C=O) groups is 1. The van der Waals surface area contributed by atoms with Crippen molar-refractivity contribution in [2.75, 3.05) is 11.5 Å². The highest BCUT2D eigenvalue weighted by Gasteiger charge is 2.04. The SMILES string of the molecule is CCSCCCC(=O)c1ccc(F)cc1. The minimum Gasteiger partial charge on any atom is -0.294 e. The summed E-state index contributed by atoms with van der Waals surface area (Å²) >= 11 is 1.84. The molecule has 0 bridgehead atoms. The Labute approximate surface area is 94.1 Å². The van der Waals surface area contributed by atoms with Crippen LogP contribution in [0.3, 0.4) is 0 Å². The second-order valence-corrected chi connectivity index (χ2v) is 4.62. The first-order valence-electron chi connectivity index (χ1n) is 5.10. The van der Waals surface area contributed by atoms with Crippen molar-refractivity contribution in [3.63, 3.8) is 0 Å². The van der Waals surface area contributed by atoms with E-state index in [-0.39, 0.29) is 11.6 Å². The summed E-state index contributed by atoms with van der Waals surface area (Å²) in [6.07, 6.45) is 1.45. The first-order chi connectivity index (χ1) is 7.24. The molecule has 1 aromatic rings. The van der Waals surface area contributed by atoms with Crippen molar-refractivity contribution in [1.29, 1.82) is 0 Å². The van der Waals surface area contributed by atoms with Crippen molar-refractivity contribution in [3.05, 3.63) is 35.6 Å². The molecule has 0 amide bonds. The summed E-state index contributed by atoms with van der Waals surface area (Å²) in [6.45, 7) is 2.10. The number of benzene rings is 1. The standard InChI is InChI=1S/C12H15FOS/c1-2-15-9-3-4-12(14)10-5-7-11(13)8-6-10/h5-8H,2-4,9H2,1H3. The van der Waals surface area contributed by atoms with Gasteiger partial charge in [-0.1, -0.05) is 6.92 Å². The number of ketones is 1. The van der Waals surface area contributed by atoms with Gasteiger partial charge in [0.15, 0.2) is 5.78 Å². The highest BCUT2D eigenvalue weighted by atomic mass is 32.2. The van der Waals surface area contributed by atoms with Gasteiger partial charge in [0.1, 0.15) is 5.82 Å². The molecule has 0 aromatic heterocycles. The average Bonchev–Trinajstić information content (AvgIpc) is 2.25. The molecule has 0 N–H and O–H groups in total. The second-order valence-electron chi connectivity index (χ2n) is 3.23. The van der Waals surface area contributed by atoms with Crippen LogP contribution >= 0.6 is 11.8 Å². The van der Waals surface area contributed by atoms with Crippen LogP contribution < -0.4 is 0 Å². The van der Waals surface area contributed by atoms with E-state index in [1.165, 1.54) is 12.1 Å². The van der Waals surface area contributed by atoms with Gasteiger partial charge in [-0.2, -0.15) is 11.8 Å². The maximum atomic E-state index is 12.6. The van der Waals surface area contributed by atoms with Crippen molar-refractivity contribution in [2.45, 2.75) is 19.8 Å². The normalized spacial score (nSPS) is 10.3. The lowest BCUT2D eigenvalue weighted by molar-refractivity contribution is 0.0982. The van der Waals surface area contributed by atoms with E-state index in [4.69, 9.17) is 0 Å². The minimum absolute atomic E-state index is 0.103. The minimum atomic E-state index is -0.298. The fraction of sp³-hybridized carbons (Fsp3) is 0.417. The molecule has 0 saturated heterocycles. The molecule has 15 heavy (non-hydrogen) atoms. The summed E-state index contributed by atoms with van der Waals surface area (Å²) in [6, 6.07) is 5.75. The Kier molecular flexibility index (Phi) is 5.40. The fourth-order valence-electron chi connectivity index (χ4n) is 1.26. The van der Waals surface area contributed by atoms with Crippen molar-refractivity contribution >= 4 is 17.5 Å². The van der Waals surface area contributed by atoms with E-state index in [0.717, 1.165) is 17.9 Å². The molecule has 0 unspecified atom stereocenters. The number of Topliss-reactive ketones (excluding diaryl/α,β-unsaturated/α-hetero) is 1. The number of hydrogen-bond donors (Lipinski definition) is 0. The zero-order valence-corrected chi connectivity index (χ0v) is 9.65. The number of rotatable bonds is 6. The molecule has 0 radical (unpaired) electrons. The quantitative estimate of drug-likeness (QED) is 0.545. The molecule has 0 saturated carbocycles. The summed E-state index contributed by atoms with van der Waals surface area (Å²) in [7, 11) is 0. The monoisotopic (exact) mass is 226 g/mol. The maximum Gasteiger partial charge on any atom is 0.162 e. The molecule has 1 rings (SSSR count). The first kappa shape index (κ1) is 12.2. The van der Waals surface area contributed by atoms with Crippen LogP contribution in [0.4, 0.5) is 4.39 Å². The Morgan fingerprint density at radius 1 is 1.33 bits per heavy atom. The lowest BCUT2D eigenvalue weighted by Gasteiger charge is -2.00. The van der Waals surface area contributed by atoms with Crippen molar-refractivity contribution in [2.24, 2.45) is 0 Å². The summed E-state index contributed by atoms with van der Waals surface area (Å²) in [5.41, 5.74) is 0.609. The Hall–Kier alpha value is -0.830. The first-order valence-corrected chi connectivity index (χ1v) is 6.26. The van der Waals surface area contributed by atoms with E-state index in [0.29, 0.717) is 12.0 Å². The van der Waals surface area contributed by atoms with E-state index in [2.05, 4.69) is 6.92 Å². The van der Waals surface area contributed by atoms with Gasteiger partial charge in [-0.05, 0) is 42.2 Å². The molecule has 1 aromatic carbocycles. The summed E-state index contributed by atoms with van der Waals surface area (Å²) in [4.78, 5) is 11.6. The molecule has 0 aliphatic heterocycles. The van der Waals surface area contributed by atoms with Gasteiger partial charge in [0.2, 0.25) is 0 Å². The van der Waals surface area contributed by atoms with Crippen molar-refractivity contribution in [1.82, 2.24) is 0 Å². The molecular formula is C12H15FOS. The highest BCUT2D eigenvalue weighted by molar-refractivity contribution is 7.99. The van der Waals surface area contributed by atoms with Crippen LogP contribution in [0.1, 0.15) is 30.1 Å². The van der Waals surface area contributed by atoms with Crippen LogP contribution in [0, 0.1) is 5.82 Å². The molecule has 0 spiro atoms. The molecule has 0 heterocycles. The third kappa shape index (κ3) is 4.47. The molecule has 0 aliphatic carbocycles. The molecule has 0 fully saturated rings. The van der Waals surface area contributed by atoms with Crippen molar-refractivity contribution in [3.8, 4) is 0 Å². The van der Waals surface area contributed by atoms with Gasteiger partial charge in [0.05, 0.1) is 0 Å². The molecule has 3 heteroatoms. The van der Waals surface area contributed by atoms with Gasteiger partial charge < -0.3 is 0 Å². The Morgan fingerprint density at radius 3 is 2.60 bits per heavy atom. The molecule has 0 aliphatic rings. The third-order valence-corrected chi connectivity index (χ3v) is 3.05. The van der Waals surface area contributed by atoms with Gasteiger partial charge in [0.25, 0.3) is 0 Å². The molecular weight excluding hydrogens is 211 g/mol. The van der Waals surface area contributed by atoms with Gasteiger partial charge >= 0.3 is 0 Å². The van der Waals surface area contributed by atoms with E-state index in [9.17, 15) is 9.18 Å². The van der Waals surface area contributed by atoms with Crippen LogP contribution in [-0.2, 0) is 0 Å². The van der Waals surface area contributed by atoms with Gasteiger partial charge in [0, 0.05) is 12.0 Å². The largest absolute Gasteiger partial charge is 0.294 e. The van der Waals surface area contributed by atoms with Crippen LogP contribution in [0.25, 0.3) is 0 Å². The van der Waals surface area contributed by atoms with Gasteiger partial charge in [-0.25, -0.2) is 4.39 Å². The molecule has 1 nitrogen and oxygen atoms in total. The lowest BCUT2D eigenvalue weighted by atomic mass is 10.1. The Bertz CT molecular complexity index is 308. The number of thioether (sulfide) groups is 1. The van der Waals surface area contributed by atoms with E-state index < -0.39 is 0 Å². The van der Waals surface area contributed by atoms with Crippen LogP contribution in [0.15, 0.2) is 24.3 Å². The molecule has 82 valence electrons. The maximum absolute atomic E-state index is 12.6. The number of carbonyl (C=O) groups excluding carboxylic acids is 1. The van der Waals surface area contributed by atoms with Crippen LogP contribution in [0.2, 0.25) is 0 Å². The zero-order valence-electron chi connectivity index (χ0n) is 8.83. The lowest BCUT2D eigenvalue weighted by Crippen LogP contribution is -1.99. The van der Waals surface area contributed by atoms with Gasteiger partial charge in [-0.3, -0.25) is 4.79 Å². The van der Waals surface area contributed by atoms with Crippen LogP contribution in [-0.4, -0.2) is 17.3 Å². The Morgan fingerprint density at radius 2 is 2.00 bits per heavy atom. The summed E-state index contributed by atoms with van der Waals surface area (Å²) < 4.78 is 12.6.